The first-order valence-corrected chi connectivity index (χ1v) is 0.926. The maximum Gasteiger partial charge on any atom is 1.00 e. The molecule has 0 aliphatic heterocycles. The Morgan fingerprint density at radius 2 is 0.857 bits per heavy atom. The summed E-state index contributed by atoms with van der Waals surface area (Å²) >= 11 is -0.417. The van der Waals surface area contributed by atoms with E-state index < -0.39 is 11.3 Å². The van der Waals surface area contributed by atoms with Crippen LogP contribution in [0.15, 0.2) is 0 Å². The normalized spacial score (nSPS) is 2.57. The largest absolute Gasteiger partial charge is 1.00 e. The van der Waals surface area contributed by atoms with Crippen molar-refractivity contribution in [2.75, 3.05) is 0 Å². The van der Waals surface area contributed by atoms with E-state index in [1.54, 1.807) is 0 Å². The van der Waals surface area contributed by atoms with Crippen molar-refractivity contribution >= 4 is 0 Å². The summed E-state index contributed by atoms with van der Waals surface area (Å²) in [6.07, 6.45) is 0. The molecule has 0 rings (SSSR count). The zero-order valence-electron chi connectivity index (χ0n) is 3.69. The third kappa shape index (κ3) is 155. The van der Waals surface area contributed by atoms with Crippen LogP contribution in [0, 0.1) is 11.3 Å². The van der Waals surface area contributed by atoms with Gasteiger partial charge < -0.3 is 25.7 Å². The fourth-order valence-corrected chi connectivity index (χ4v) is 0. The first kappa shape index (κ1) is 42.6. The summed E-state index contributed by atoms with van der Waals surface area (Å²) in [6, 6.07) is 0. The molecule has 0 spiro atoms. The molecule has 0 fully saturated rings. The van der Waals surface area contributed by atoms with E-state index in [2.05, 4.69) is 0 Å². The van der Waals surface area contributed by atoms with Crippen molar-refractivity contribution < 1.29 is 66.6 Å². The first-order valence-electron chi connectivity index (χ1n) is 0.309. The van der Waals surface area contributed by atoms with E-state index in [1.807, 2.05) is 0 Å². The Kier molecular flexibility index (Phi) is 366. The Morgan fingerprint density at radius 1 is 0.857 bits per heavy atom. The summed E-state index contributed by atoms with van der Waals surface area (Å²) in [5.74, 6) is 0. The molecule has 0 aromatic carbocycles. The van der Waals surface area contributed by atoms with Gasteiger partial charge in [-0.25, -0.2) is 0 Å². The predicted octanol–water partition coefficient (Wildman–Crippen LogP) is -7.85. The molecular formula is H6ClNaO5. The van der Waals surface area contributed by atoms with Crippen molar-refractivity contribution in [3.05, 3.63) is 0 Å². The van der Waals surface area contributed by atoms with Gasteiger partial charge in [0.25, 0.3) is 0 Å². The van der Waals surface area contributed by atoms with Crippen LogP contribution >= 0.6 is 0 Å². The van der Waals surface area contributed by atoms with Crippen LogP contribution in [0.4, 0.5) is 0 Å². The fraction of sp³-hybridized carbons (Fsp3) is 0. The van der Waals surface area contributed by atoms with Crippen molar-refractivity contribution in [2.24, 2.45) is 0 Å². The summed E-state index contributed by atoms with van der Waals surface area (Å²) in [6.45, 7) is 0. The quantitative estimate of drug-likeness (QED) is 0.311. The predicted molar refractivity (Wildman–Crippen MR) is 10.8 cm³/mol. The van der Waals surface area contributed by atoms with Crippen LogP contribution in [-0.2, 0) is 0 Å². The molecular weight excluding hydrogens is 138 g/mol. The summed E-state index contributed by atoms with van der Waals surface area (Å²) in [4.78, 5) is 0. The van der Waals surface area contributed by atoms with Crippen molar-refractivity contribution in [1.82, 2.24) is 0 Å². The van der Waals surface area contributed by atoms with Crippen LogP contribution in [0.5, 0.6) is 0 Å². The maximum atomic E-state index is 8.24. The zero-order chi connectivity index (χ0) is 2.71. The van der Waals surface area contributed by atoms with Crippen LogP contribution in [0.3, 0.4) is 0 Å². The summed E-state index contributed by atoms with van der Waals surface area (Å²) in [5, 5.41) is 0. The molecule has 5 nitrogen and oxygen atoms in total. The van der Waals surface area contributed by atoms with E-state index in [0.29, 0.717) is 0 Å². The number of halogens is 1. The second-order valence-electron chi connectivity index (χ2n) is 0.0630. The Bertz CT molecular complexity index is 8.04. The van der Waals surface area contributed by atoms with Gasteiger partial charge in [0.1, 0.15) is 0 Å². The van der Waals surface area contributed by atoms with Gasteiger partial charge in [0.05, 0.1) is 11.3 Å². The molecule has 7 heteroatoms. The third-order valence-electron chi connectivity index (χ3n) is 0. The molecule has 0 saturated heterocycles. The molecule has 0 radical (unpaired) electrons. The monoisotopic (exact) mass is 144 g/mol. The molecule has 0 atom stereocenters. The van der Waals surface area contributed by atoms with E-state index in [9.17, 15) is 0 Å². The second-order valence-corrected chi connectivity index (χ2v) is 0.189. The van der Waals surface area contributed by atoms with Gasteiger partial charge in [-0.2, -0.15) is 0 Å². The summed E-state index contributed by atoms with van der Waals surface area (Å²) < 4.78 is 16.5. The minimum atomic E-state index is -0.417. The van der Waals surface area contributed by atoms with Gasteiger partial charge in [0.15, 0.2) is 0 Å². The smallest absolute Gasteiger partial charge is 0.544 e. The van der Waals surface area contributed by atoms with Crippen LogP contribution in [0.2, 0.25) is 0 Å². The fourth-order valence-electron chi connectivity index (χ4n) is 0. The second kappa shape index (κ2) is 60.2. The number of hydrogen-bond donors (Lipinski definition) is 0. The molecule has 6 N–H and O–H groups in total. The van der Waals surface area contributed by atoms with Crippen molar-refractivity contribution in [3.8, 4) is 0 Å². The molecule has 44 valence electrons. The maximum absolute atomic E-state index is 8.24. The Labute approximate surface area is 66.6 Å². The number of rotatable bonds is 0. The van der Waals surface area contributed by atoms with Gasteiger partial charge in [-0.1, -0.05) is 0 Å². The molecule has 0 aliphatic carbocycles. The van der Waals surface area contributed by atoms with E-state index in [1.165, 1.54) is 0 Å². The van der Waals surface area contributed by atoms with Crippen molar-refractivity contribution in [3.63, 3.8) is 0 Å². The van der Waals surface area contributed by atoms with E-state index in [0.717, 1.165) is 0 Å². The molecule has 7 heavy (non-hydrogen) atoms. The van der Waals surface area contributed by atoms with Crippen LogP contribution in [0.25, 0.3) is 0 Å². The van der Waals surface area contributed by atoms with Crippen LogP contribution < -0.4 is 38.9 Å². The minimum absolute atomic E-state index is 0. The van der Waals surface area contributed by atoms with E-state index >= 15 is 0 Å². The Morgan fingerprint density at radius 3 is 0.857 bits per heavy atom. The minimum Gasteiger partial charge on any atom is -0.544 e. The van der Waals surface area contributed by atoms with E-state index in [-0.39, 0.29) is 46.0 Å². The first-order chi connectivity index (χ1) is 1.41. The van der Waals surface area contributed by atoms with Gasteiger partial charge in [0, 0.05) is 0 Å². The summed E-state index contributed by atoms with van der Waals surface area (Å²) in [7, 11) is 0. The average Bonchev–Trinajstić information content (AvgIpc) is 0.918. The molecule has 0 aromatic heterocycles. The Hall–Kier alpha value is 1.09. The molecule has 0 saturated carbocycles. The average molecular weight is 144 g/mol. The van der Waals surface area contributed by atoms with Gasteiger partial charge in [0.2, 0.25) is 0 Å². The van der Waals surface area contributed by atoms with Crippen molar-refractivity contribution in [1.29, 1.82) is 0 Å². The molecule has 0 heterocycles. The van der Waals surface area contributed by atoms with Gasteiger partial charge >= 0.3 is 29.6 Å². The number of hydrogen-bond acceptors (Lipinski definition) is 2. The molecule has 0 unspecified atom stereocenters. The van der Waals surface area contributed by atoms with Crippen LogP contribution in [-0.4, -0.2) is 16.4 Å². The summed E-state index contributed by atoms with van der Waals surface area (Å²) in [5.41, 5.74) is 0. The van der Waals surface area contributed by atoms with Gasteiger partial charge in [-0.3, -0.25) is 0 Å². The SMILES string of the molecule is O.O.O.[Na+].[O-][Cl+][O-]. The Balaban J connectivity index is -0.00000000333. The van der Waals surface area contributed by atoms with E-state index in [4.69, 9.17) is 9.32 Å². The zero-order valence-corrected chi connectivity index (χ0v) is 6.45. The standard InChI is InChI=1S/ClO2.Na.3H2O/c2-1-3;;;;/h;;3*1H2/q-1;+1;;;. The third-order valence-corrected chi connectivity index (χ3v) is 0. The van der Waals surface area contributed by atoms with Gasteiger partial charge in [-0.15, -0.1) is 0 Å². The van der Waals surface area contributed by atoms with Crippen molar-refractivity contribution in [2.45, 2.75) is 0 Å². The van der Waals surface area contributed by atoms with Crippen LogP contribution in [0.1, 0.15) is 0 Å². The molecule has 0 aromatic rings. The molecule has 0 bridgehead atoms. The molecule has 0 amide bonds. The van der Waals surface area contributed by atoms with Gasteiger partial charge in [-0.05, 0) is 0 Å². The topological polar surface area (TPSA) is 141 Å². The molecule has 0 aliphatic rings.